The molecule has 0 N–H and O–H groups in total. The van der Waals surface area contributed by atoms with Crippen molar-refractivity contribution in [2.75, 3.05) is 30.0 Å². The molecule has 2 amide bonds. The zero-order valence-electron chi connectivity index (χ0n) is 19.6. The van der Waals surface area contributed by atoms with Gasteiger partial charge in [0.15, 0.2) is 17.3 Å². The summed E-state index contributed by atoms with van der Waals surface area (Å²) in [6.07, 6.45) is 2.85. The van der Waals surface area contributed by atoms with Crippen LogP contribution in [-0.4, -0.2) is 47.6 Å². The van der Waals surface area contributed by atoms with E-state index >= 15 is 0 Å². The van der Waals surface area contributed by atoms with Gasteiger partial charge in [-0.2, -0.15) is 5.10 Å². The largest absolute Gasteiger partial charge is 0.494 e. The second kappa shape index (κ2) is 8.98. The first-order valence-electron chi connectivity index (χ1n) is 11.6. The first-order valence-corrected chi connectivity index (χ1v) is 11.6. The molecule has 180 valence electrons. The topological polar surface area (TPSA) is 84.7 Å². The Kier molecular flexibility index (Phi) is 5.84. The normalized spacial score (nSPS) is 15.9. The molecule has 3 aromatic rings. The number of nitrogens with zero attached hydrogens (tertiary/aromatic N) is 4. The number of halogens is 1. The summed E-state index contributed by atoms with van der Waals surface area (Å²) in [5.41, 5.74) is 2.81. The number of carbonyl (C=O) groups is 3. The van der Waals surface area contributed by atoms with Gasteiger partial charge in [0.2, 0.25) is 5.91 Å². The second-order valence-corrected chi connectivity index (χ2v) is 8.69. The van der Waals surface area contributed by atoms with Crippen molar-refractivity contribution < 1.29 is 23.5 Å². The van der Waals surface area contributed by atoms with Crippen molar-refractivity contribution in [2.45, 2.75) is 32.6 Å². The molecule has 1 saturated heterocycles. The third kappa shape index (κ3) is 3.96. The molecule has 9 heteroatoms. The summed E-state index contributed by atoms with van der Waals surface area (Å²) in [6.45, 7) is 2.46. The predicted octanol–water partition coefficient (Wildman–Crippen LogP) is 3.94. The van der Waals surface area contributed by atoms with E-state index in [9.17, 15) is 18.8 Å². The number of aromatic nitrogens is 2. The molecule has 1 aromatic heterocycles. The zero-order valence-corrected chi connectivity index (χ0v) is 19.6. The smallest absolute Gasteiger partial charge is 0.277 e. The van der Waals surface area contributed by atoms with Gasteiger partial charge in [-0.15, -0.1) is 0 Å². The number of ketones is 1. The Bertz CT molecular complexity index is 1330. The van der Waals surface area contributed by atoms with E-state index in [-0.39, 0.29) is 34.7 Å². The van der Waals surface area contributed by atoms with Crippen LogP contribution in [0.1, 0.15) is 52.7 Å². The van der Waals surface area contributed by atoms with E-state index in [1.165, 1.54) is 30.8 Å². The molecule has 5 rings (SSSR count). The van der Waals surface area contributed by atoms with Crippen molar-refractivity contribution in [2.24, 2.45) is 0 Å². The monoisotopic (exact) mass is 476 g/mol. The molecule has 35 heavy (non-hydrogen) atoms. The van der Waals surface area contributed by atoms with Gasteiger partial charge in [0.25, 0.3) is 5.91 Å². The minimum Gasteiger partial charge on any atom is -0.494 e. The highest BCUT2D eigenvalue weighted by atomic mass is 19.1. The SMILES string of the molecule is COc1ccc(-n2nc(C(C)=O)c3c2C(=O)N(c2ccc(N4CCCCC4=O)cc2)CC3)cc1F. The Balaban J connectivity index is 1.51. The zero-order chi connectivity index (χ0) is 24.7. The minimum absolute atomic E-state index is 0.0711. The van der Waals surface area contributed by atoms with Gasteiger partial charge in [-0.25, -0.2) is 9.07 Å². The van der Waals surface area contributed by atoms with Crippen LogP contribution in [0.5, 0.6) is 5.75 Å². The van der Waals surface area contributed by atoms with Crippen LogP contribution in [-0.2, 0) is 11.2 Å². The van der Waals surface area contributed by atoms with E-state index in [4.69, 9.17) is 4.74 Å². The number of ether oxygens (including phenoxy) is 1. The maximum absolute atomic E-state index is 14.4. The van der Waals surface area contributed by atoms with E-state index in [0.29, 0.717) is 42.9 Å². The molecule has 2 aromatic carbocycles. The molecule has 0 radical (unpaired) electrons. The average molecular weight is 477 g/mol. The van der Waals surface area contributed by atoms with E-state index in [2.05, 4.69) is 5.10 Å². The molecule has 8 nitrogen and oxygen atoms in total. The van der Waals surface area contributed by atoms with Crippen LogP contribution in [0.15, 0.2) is 42.5 Å². The Morgan fingerprint density at radius 1 is 0.943 bits per heavy atom. The highest BCUT2D eigenvalue weighted by Crippen LogP contribution is 2.31. The molecule has 0 unspecified atom stereocenters. The predicted molar refractivity (Wildman–Crippen MR) is 128 cm³/mol. The van der Waals surface area contributed by atoms with Crippen LogP contribution in [0, 0.1) is 5.82 Å². The molecule has 0 aliphatic carbocycles. The van der Waals surface area contributed by atoms with Crippen molar-refractivity contribution in [3.63, 3.8) is 0 Å². The van der Waals surface area contributed by atoms with Crippen LogP contribution in [0.25, 0.3) is 5.69 Å². The number of hydrogen-bond donors (Lipinski definition) is 0. The fraction of sp³-hybridized carbons (Fsp3) is 0.308. The molecule has 0 bridgehead atoms. The molecule has 0 atom stereocenters. The van der Waals surface area contributed by atoms with Gasteiger partial charge in [-0.05, 0) is 55.7 Å². The summed E-state index contributed by atoms with van der Waals surface area (Å²) >= 11 is 0. The summed E-state index contributed by atoms with van der Waals surface area (Å²) in [5, 5.41) is 4.39. The molecule has 0 saturated carbocycles. The van der Waals surface area contributed by atoms with Crippen molar-refractivity contribution in [3.05, 3.63) is 65.2 Å². The summed E-state index contributed by atoms with van der Waals surface area (Å²) in [7, 11) is 1.37. The lowest BCUT2D eigenvalue weighted by atomic mass is 10.0. The highest BCUT2D eigenvalue weighted by molar-refractivity contribution is 6.09. The number of amides is 2. The number of methoxy groups -OCH3 is 1. The number of benzene rings is 2. The summed E-state index contributed by atoms with van der Waals surface area (Å²) in [4.78, 5) is 41.6. The fourth-order valence-corrected chi connectivity index (χ4v) is 4.75. The Morgan fingerprint density at radius 2 is 1.63 bits per heavy atom. The van der Waals surface area contributed by atoms with Gasteiger partial charge < -0.3 is 14.5 Å². The van der Waals surface area contributed by atoms with Gasteiger partial charge in [0.05, 0.1) is 12.8 Å². The lowest BCUT2D eigenvalue weighted by molar-refractivity contribution is -0.119. The van der Waals surface area contributed by atoms with E-state index in [1.807, 2.05) is 24.3 Å². The summed E-state index contributed by atoms with van der Waals surface area (Å²) < 4.78 is 20.8. The van der Waals surface area contributed by atoms with Crippen molar-refractivity contribution in [1.82, 2.24) is 9.78 Å². The number of hydrogen-bond acceptors (Lipinski definition) is 5. The van der Waals surface area contributed by atoms with Crippen LogP contribution < -0.4 is 14.5 Å². The third-order valence-corrected chi connectivity index (χ3v) is 6.53. The Labute approximate surface area is 201 Å². The minimum atomic E-state index is -0.596. The van der Waals surface area contributed by atoms with Gasteiger partial charge in [-0.3, -0.25) is 14.4 Å². The quantitative estimate of drug-likeness (QED) is 0.521. The molecule has 2 aliphatic heterocycles. The van der Waals surface area contributed by atoms with Crippen LogP contribution in [0.4, 0.5) is 15.8 Å². The Morgan fingerprint density at radius 3 is 2.26 bits per heavy atom. The standard InChI is InChI=1S/C26H25FN4O4/c1-16(32)24-20-12-14-30(18-8-6-17(7-9-18)29-13-4-3-5-23(29)33)26(34)25(20)31(28-24)19-10-11-22(35-2)21(27)15-19/h6-11,15H,3-5,12-14H2,1-2H3. The number of piperidine rings is 1. The highest BCUT2D eigenvalue weighted by Gasteiger charge is 2.34. The van der Waals surface area contributed by atoms with Crippen LogP contribution in [0.2, 0.25) is 0 Å². The first kappa shape index (κ1) is 22.8. The molecule has 3 heterocycles. The van der Waals surface area contributed by atoms with E-state index < -0.39 is 5.82 Å². The Hall–Kier alpha value is -4.01. The van der Waals surface area contributed by atoms with Crippen LogP contribution >= 0.6 is 0 Å². The maximum atomic E-state index is 14.4. The molecule has 2 aliphatic rings. The number of anilines is 2. The van der Waals surface area contributed by atoms with Gasteiger partial charge in [0, 0.05) is 49.4 Å². The van der Waals surface area contributed by atoms with Crippen molar-refractivity contribution in [3.8, 4) is 11.4 Å². The fourth-order valence-electron chi connectivity index (χ4n) is 4.75. The lowest BCUT2D eigenvalue weighted by Gasteiger charge is -2.29. The first-order chi connectivity index (χ1) is 16.9. The van der Waals surface area contributed by atoms with Gasteiger partial charge >= 0.3 is 0 Å². The summed E-state index contributed by atoms with van der Waals surface area (Å²) in [6, 6.07) is 11.6. The van der Waals surface area contributed by atoms with E-state index in [0.717, 1.165) is 18.5 Å². The number of carbonyl (C=O) groups excluding carboxylic acids is 3. The third-order valence-electron chi connectivity index (χ3n) is 6.53. The maximum Gasteiger partial charge on any atom is 0.277 e. The number of Topliss-reactive ketones (excluding diaryl/α,β-unsaturated/α-hetero) is 1. The molecule has 1 fully saturated rings. The molecular formula is C26H25FN4O4. The molecular weight excluding hydrogens is 451 g/mol. The summed E-state index contributed by atoms with van der Waals surface area (Å²) in [5.74, 6) is -1.01. The van der Waals surface area contributed by atoms with Crippen LogP contribution in [0.3, 0.4) is 0 Å². The lowest BCUT2D eigenvalue weighted by Crippen LogP contribution is -2.39. The molecule has 0 spiro atoms. The van der Waals surface area contributed by atoms with E-state index in [1.54, 1.807) is 15.9 Å². The van der Waals surface area contributed by atoms with Gasteiger partial charge in [-0.1, -0.05) is 0 Å². The average Bonchev–Trinajstić information content (AvgIpc) is 3.26. The number of fused-ring (bicyclic) bond motifs is 1. The van der Waals surface area contributed by atoms with Crippen molar-refractivity contribution >= 4 is 29.0 Å². The van der Waals surface area contributed by atoms with Crippen molar-refractivity contribution in [1.29, 1.82) is 0 Å². The van der Waals surface area contributed by atoms with Gasteiger partial charge in [0.1, 0.15) is 11.4 Å². The number of rotatable bonds is 5. The second-order valence-electron chi connectivity index (χ2n) is 8.69.